The minimum Gasteiger partial charge on any atom is -0.497 e. The summed E-state index contributed by atoms with van der Waals surface area (Å²) >= 11 is 1.69. The highest BCUT2D eigenvalue weighted by molar-refractivity contribution is 7.13. The lowest BCUT2D eigenvalue weighted by atomic mass is 10.2. The molecule has 0 spiro atoms. The second-order valence-electron chi connectivity index (χ2n) is 7.34. The smallest absolute Gasteiger partial charge is 0.238 e. The Morgan fingerprint density at radius 3 is 2.60 bits per heavy atom. The maximum atomic E-state index is 12.4. The molecule has 0 atom stereocenters. The van der Waals surface area contributed by atoms with Crippen LogP contribution in [0.15, 0.2) is 60.0 Å². The molecule has 0 saturated carbocycles. The van der Waals surface area contributed by atoms with Gasteiger partial charge in [-0.1, -0.05) is 36.4 Å². The summed E-state index contributed by atoms with van der Waals surface area (Å²) in [5.74, 6) is 0.739. The molecule has 0 bridgehead atoms. The Morgan fingerprint density at radius 2 is 1.83 bits per heavy atom. The summed E-state index contributed by atoms with van der Waals surface area (Å²) in [6.07, 6.45) is 0. The molecule has 3 aromatic rings. The molecule has 2 aromatic carbocycles. The number of hydrogen-bond donors (Lipinski definition) is 1. The van der Waals surface area contributed by atoms with Gasteiger partial charge < -0.3 is 10.1 Å². The molecule has 2 heterocycles. The lowest BCUT2D eigenvalue weighted by molar-refractivity contribution is -0.117. The SMILES string of the molecule is COc1cccc(NC(=O)CN2CCN(Cc3csc(-c4ccccc4)n3)CC2)c1. The molecule has 1 aromatic heterocycles. The molecule has 1 fully saturated rings. The van der Waals surface area contributed by atoms with Crippen LogP contribution in [0.25, 0.3) is 10.6 Å². The number of anilines is 1. The summed E-state index contributed by atoms with van der Waals surface area (Å²) in [7, 11) is 1.62. The summed E-state index contributed by atoms with van der Waals surface area (Å²) in [6, 6.07) is 17.7. The van der Waals surface area contributed by atoms with Crippen LogP contribution in [-0.2, 0) is 11.3 Å². The number of carbonyl (C=O) groups excluding carboxylic acids is 1. The van der Waals surface area contributed by atoms with Crippen LogP contribution < -0.4 is 10.1 Å². The normalized spacial score (nSPS) is 15.1. The number of benzene rings is 2. The quantitative estimate of drug-likeness (QED) is 0.631. The van der Waals surface area contributed by atoms with Crippen molar-refractivity contribution in [2.24, 2.45) is 0 Å². The maximum absolute atomic E-state index is 12.4. The summed E-state index contributed by atoms with van der Waals surface area (Å²) in [4.78, 5) is 21.8. The molecule has 1 saturated heterocycles. The zero-order chi connectivity index (χ0) is 20.8. The van der Waals surface area contributed by atoms with Gasteiger partial charge in [-0.25, -0.2) is 4.98 Å². The fourth-order valence-corrected chi connectivity index (χ4v) is 4.35. The molecule has 1 amide bonds. The number of aromatic nitrogens is 1. The number of ether oxygens (including phenoxy) is 1. The first-order valence-corrected chi connectivity index (χ1v) is 11.0. The number of thiazole rings is 1. The van der Waals surface area contributed by atoms with Gasteiger partial charge in [-0.2, -0.15) is 0 Å². The molecule has 0 radical (unpaired) electrons. The van der Waals surface area contributed by atoms with Gasteiger partial charge in [-0.15, -0.1) is 11.3 Å². The van der Waals surface area contributed by atoms with Crippen LogP contribution in [0.4, 0.5) is 5.69 Å². The minimum absolute atomic E-state index is 0.00343. The van der Waals surface area contributed by atoms with Crippen LogP contribution in [0, 0.1) is 0 Å². The molecule has 1 aliphatic heterocycles. The first-order valence-electron chi connectivity index (χ1n) is 10.1. The van der Waals surface area contributed by atoms with E-state index in [4.69, 9.17) is 9.72 Å². The van der Waals surface area contributed by atoms with E-state index in [9.17, 15) is 4.79 Å². The average molecular weight is 423 g/mol. The van der Waals surface area contributed by atoms with Crippen molar-refractivity contribution < 1.29 is 9.53 Å². The molecule has 30 heavy (non-hydrogen) atoms. The predicted octanol–water partition coefficient (Wildman–Crippen LogP) is 3.58. The molecule has 156 valence electrons. The van der Waals surface area contributed by atoms with Crippen molar-refractivity contribution in [1.82, 2.24) is 14.8 Å². The number of nitrogens with one attached hydrogen (secondary N) is 1. The lowest BCUT2D eigenvalue weighted by Crippen LogP contribution is -2.48. The van der Waals surface area contributed by atoms with Crippen molar-refractivity contribution >= 4 is 22.9 Å². The van der Waals surface area contributed by atoms with Gasteiger partial charge in [0.2, 0.25) is 5.91 Å². The monoisotopic (exact) mass is 422 g/mol. The van der Waals surface area contributed by atoms with Crippen LogP contribution in [0.1, 0.15) is 5.69 Å². The third-order valence-electron chi connectivity index (χ3n) is 5.14. The topological polar surface area (TPSA) is 57.7 Å². The highest BCUT2D eigenvalue weighted by Crippen LogP contribution is 2.24. The molecule has 1 N–H and O–H groups in total. The van der Waals surface area contributed by atoms with Gasteiger partial charge in [0.15, 0.2) is 0 Å². The van der Waals surface area contributed by atoms with Gasteiger partial charge in [0.05, 0.1) is 19.3 Å². The predicted molar refractivity (Wildman–Crippen MR) is 121 cm³/mol. The molecule has 4 rings (SSSR count). The van der Waals surface area contributed by atoms with Crippen LogP contribution >= 0.6 is 11.3 Å². The summed E-state index contributed by atoms with van der Waals surface area (Å²) in [5.41, 5.74) is 3.04. The number of nitrogens with zero attached hydrogens (tertiary/aromatic N) is 3. The van der Waals surface area contributed by atoms with Crippen molar-refractivity contribution in [3.05, 3.63) is 65.7 Å². The van der Waals surface area contributed by atoms with Gasteiger partial charge in [0.25, 0.3) is 0 Å². The summed E-state index contributed by atoms with van der Waals surface area (Å²) in [6.45, 7) is 4.88. The Bertz CT molecular complexity index is 968. The summed E-state index contributed by atoms with van der Waals surface area (Å²) < 4.78 is 5.20. The fourth-order valence-electron chi connectivity index (χ4n) is 3.53. The minimum atomic E-state index is 0.00343. The number of carbonyl (C=O) groups is 1. The molecule has 1 aliphatic rings. The third kappa shape index (κ3) is 5.44. The largest absolute Gasteiger partial charge is 0.497 e. The van der Waals surface area contributed by atoms with E-state index < -0.39 is 0 Å². The van der Waals surface area contributed by atoms with Crippen LogP contribution in [-0.4, -0.2) is 60.5 Å². The Balaban J connectivity index is 1.23. The summed E-state index contributed by atoms with van der Waals surface area (Å²) in [5, 5.41) is 6.17. The van der Waals surface area contributed by atoms with E-state index in [1.807, 2.05) is 42.5 Å². The van der Waals surface area contributed by atoms with Gasteiger partial charge in [0, 0.05) is 55.4 Å². The third-order valence-corrected chi connectivity index (χ3v) is 6.08. The van der Waals surface area contributed by atoms with Crippen LogP contribution in [0.5, 0.6) is 5.75 Å². The van der Waals surface area contributed by atoms with Gasteiger partial charge in [-0.05, 0) is 12.1 Å². The second kappa shape index (κ2) is 9.84. The lowest BCUT2D eigenvalue weighted by Gasteiger charge is -2.33. The Kier molecular flexibility index (Phi) is 6.74. The van der Waals surface area contributed by atoms with Crippen molar-refractivity contribution in [3.8, 4) is 16.3 Å². The second-order valence-corrected chi connectivity index (χ2v) is 8.20. The molecule has 7 heteroatoms. The number of amides is 1. The van der Waals surface area contributed by atoms with E-state index in [-0.39, 0.29) is 5.91 Å². The average Bonchev–Trinajstić information content (AvgIpc) is 3.24. The Hall–Kier alpha value is -2.74. The standard InChI is InChI=1S/C23H26N4O2S/c1-29-21-9-5-8-19(14-21)24-22(28)16-27-12-10-26(11-13-27)15-20-17-30-23(25-20)18-6-3-2-4-7-18/h2-9,14,17H,10-13,15-16H2,1H3,(H,24,28). The Morgan fingerprint density at radius 1 is 1.07 bits per heavy atom. The fraction of sp³-hybridized carbons (Fsp3) is 0.304. The molecule has 6 nitrogen and oxygen atoms in total. The van der Waals surface area contributed by atoms with E-state index in [1.54, 1.807) is 18.4 Å². The highest BCUT2D eigenvalue weighted by atomic mass is 32.1. The molecular formula is C23H26N4O2S. The van der Waals surface area contributed by atoms with Crippen LogP contribution in [0.3, 0.4) is 0 Å². The first kappa shape index (κ1) is 20.5. The zero-order valence-electron chi connectivity index (χ0n) is 17.1. The molecule has 0 aliphatic carbocycles. The van der Waals surface area contributed by atoms with Gasteiger partial charge >= 0.3 is 0 Å². The molecular weight excluding hydrogens is 396 g/mol. The van der Waals surface area contributed by atoms with E-state index >= 15 is 0 Å². The van der Waals surface area contributed by atoms with Crippen molar-refractivity contribution in [3.63, 3.8) is 0 Å². The Labute approximate surface area is 181 Å². The van der Waals surface area contributed by atoms with Gasteiger partial charge in [0.1, 0.15) is 10.8 Å². The highest BCUT2D eigenvalue weighted by Gasteiger charge is 2.20. The van der Waals surface area contributed by atoms with Crippen LogP contribution in [0.2, 0.25) is 0 Å². The van der Waals surface area contributed by atoms with E-state index in [0.717, 1.165) is 54.9 Å². The zero-order valence-corrected chi connectivity index (χ0v) is 17.9. The van der Waals surface area contributed by atoms with Crippen molar-refractivity contribution in [2.45, 2.75) is 6.54 Å². The van der Waals surface area contributed by atoms with E-state index in [1.165, 1.54) is 5.56 Å². The van der Waals surface area contributed by atoms with Crippen molar-refractivity contribution in [2.75, 3.05) is 45.2 Å². The van der Waals surface area contributed by atoms with E-state index in [0.29, 0.717) is 6.54 Å². The number of hydrogen-bond acceptors (Lipinski definition) is 6. The van der Waals surface area contributed by atoms with E-state index in [2.05, 4.69) is 32.6 Å². The number of rotatable bonds is 7. The number of piperazine rings is 1. The maximum Gasteiger partial charge on any atom is 0.238 e. The molecule has 0 unspecified atom stereocenters. The number of methoxy groups -OCH3 is 1. The van der Waals surface area contributed by atoms with Gasteiger partial charge in [-0.3, -0.25) is 14.6 Å². The first-order chi connectivity index (χ1) is 14.7. The van der Waals surface area contributed by atoms with Crippen molar-refractivity contribution in [1.29, 1.82) is 0 Å².